The molecule has 0 radical (unpaired) electrons. The van der Waals surface area contributed by atoms with Crippen LogP contribution in [-0.2, 0) is 10.8 Å². The molecule has 10 aromatic carbocycles. The number of nitrogens with zero attached hydrogens (tertiary/aromatic N) is 1. The molecule has 0 aromatic heterocycles. The number of hydrogen-bond donors (Lipinski definition) is 0. The van der Waals surface area contributed by atoms with Gasteiger partial charge in [0.25, 0.3) is 0 Å². The molecule has 2 aliphatic carbocycles. The third-order valence-electron chi connectivity index (χ3n) is 14.4. The van der Waals surface area contributed by atoms with Gasteiger partial charge < -0.3 is 4.90 Å². The molecule has 0 N–H and O–H groups in total. The second-order valence-electron chi connectivity index (χ2n) is 17.4. The third-order valence-corrected chi connectivity index (χ3v) is 16.7. The van der Waals surface area contributed by atoms with Gasteiger partial charge in [-0.05, 0) is 115 Å². The van der Waals surface area contributed by atoms with E-state index in [1.807, 2.05) is 23.5 Å². The Morgan fingerprint density at radius 3 is 1.09 bits per heavy atom. The fourth-order valence-electron chi connectivity index (χ4n) is 12.0. The van der Waals surface area contributed by atoms with Crippen LogP contribution in [0.15, 0.2) is 256 Å². The fraction of sp³-hybridized carbons (Fsp3) is 0.0323. The van der Waals surface area contributed by atoms with Gasteiger partial charge in [-0.15, -0.1) is 0 Å². The molecule has 4 aliphatic rings. The van der Waals surface area contributed by atoms with Crippen molar-refractivity contribution in [2.24, 2.45) is 0 Å². The molecule has 0 bridgehead atoms. The Kier molecular flexibility index (Phi) is 8.05. The minimum absolute atomic E-state index is 0.500. The van der Waals surface area contributed by atoms with Crippen LogP contribution >= 0.6 is 23.5 Å². The van der Waals surface area contributed by atoms with Gasteiger partial charge in [0.05, 0.1) is 22.2 Å². The van der Waals surface area contributed by atoms with E-state index in [0.29, 0.717) is 0 Å². The zero-order valence-electron chi connectivity index (χ0n) is 35.3. The van der Waals surface area contributed by atoms with Crippen molar-refractivity contribution in [3.63, 3.8) is 0 Å². The van der Waals surface area contributed by atoms with Crippen LogP contribution in [0.4, 0.5) is 17.1 Å². The van der Waals surface area contributed by atoms with Crippen LogP contribution in [0.3, 0.4) is 0 Å². The van der Waals surface area contributed by atoms with Crippen LogP contribution < -0.4 is 4.90 Å². The average molecular weight is 862 g/mol. The van der Waals surface area contributed by atoms with Crippen LogP contribution in [0.1, 0.15) is 44.5 Å². The lowest BCUT2D eigenvalue weighted by molar-refractivity contribution is 0.722. The molecule has 2 aliphatic heterocycles. The van der Waals surface area contributed by atoms with E-state index in [1.54, 1.807) is 0 Å². The van der Waals surface area contributed by atoms with Gasteiger partial charge >= 0.3 is 0 Å². The minimum Gasteiger partial charge on any atom is -0.309 e. The van der Waals surface area contributed by atoms with Crippen LogP contribution in [0, 0.1) is 0 Å². The van der Waals surface area contributed by atoms with Crippen molar-refractivity contribution in [1.29, 1.82) is 0 Å². The molecule has 3 heteroatoms. The van der Waals surface area contributed by atoms with E-state index in [-0.39, 0.29) is 0 Å². The molecule has 2 heterocycles. The van der Waals surface area contributed by atoms with Crippen molar-refractivity contribution in [3.05, 3.63) is 281 Å². The molecular weight excluding hydrogens is 823 g/mol. The molecule has 304 valence electrons. The van der Waals surface area contributed by atoms with Gasteiger partial charge in [-0.2, -0.15) is 0 Å². The van der Waals surface area contributed by atoms with E-state index in [4.69, 9.17) is 0 Å². The number of rotatable bonds is 4. The van der Waals surface area contributed by atoms with Crippen molar-refractivity contribution < 1.29 is 0 Å². The zero-order chi connectivity index (χ0) is 42.7. The monoisotopic (exact) mass is 861 g/mol. The summed E-state index contributed by atoms with van der Waals surface area (Å²) in [5, 5.41) is 0. The largest absolute Gasteiger partial charge is 0.309 e. The summed E-state index contributed by atoms with van der Waals surface area (Å²) in [6, 6.07) is 89.0. The van der Waals surface area contributed by atoms with Gasteiger partial charge in [-0.25, -0.2) is 0 Å². The topological polar surface area (TPSA) is 3.24 Å². The van der Waals surface area contributed by atoms with Crippen LogP contribution in [-0.4, -0.2) is 0 Å². The summed E-state index contributed by atoms with van der Waals surface area (Å²) in [5.74, 6) is 0. The van der Waals surface area contributed by atoms with Crippen molar-refractivity contribution in [2.75, 3.05) is 4.90 Å². The Morgan fingerprint density at radius 2 is 0.631 bits per heavy atom. The molecule has 0 atom stereocenters. The van der Waals surface area contributed by atoms with Gasteiger partial charge in [-0.1, -0.05) is 212 Å². The Balaban J connectivity index is 1.11. The second kappa shape index (κ2) is 14.1. The van der Waals surface area contributed by atoms with E-state index in [1.165, 1.54) is 97.5 Å². The maximum atomic E-state index is 2.60. The first-order valence-electron chi connectivity index (χ1n) is 22.4. The molecule has 65 heavy (non-hydrogen) atoms. The van der Waals surface area contributed by atoms with Gasteiger partial charge in [0.2, 0.25) is 0 Å². The quantitative estimate of drug-likeness (QED) is 0.174. The van der Waals surface area contributed by atoms with Crippen molar-refractivity contribution in [1.82, 2.24) is 0 Å². The summed E-state index contributed by atoms with van der Waals surface area (Å²) in [7, 11) is 0. The normalized spacial score (nSPS) is 14.6. The van der Waals surface area contributed by atoms with Crippen molar-refractivity contribution >= 4 is 40.6 Å². The third kappa shape index (κ3) is 4.97. The smallest absolute Gasteiger partial charge is 0.0736 e. The van der Waals surface area contributed by atoms with Crippen LogP contribution in [0.5, 0.6) is 0 Å². The number of hydrogen-bond acceptors (Lipinski definition) is 3. The SMILES string of the molecule is c1ccc(-c2cccc(N(c3cccc4c3-c3ccccc3C43c4ccccc4Sc4ccccc43)c3cccc4c3-c3ccccc3C43c4ccccc4Sc4ccccc43)c2)cc1. The second-order valence-corrected chi connectivity index (χ2v) is 19.6. The lowest BCUT2D eigenvalue weighted by Gasteiger charge is -2.40. The Hall–Kier alpha value is -7.30. The molecule has 10 aromatic rings. The minimum atomic E-state index is -0.500. The average Bonchev–Trinajstić information content (AvgIpc) is 3.84. The van der Waals surface area contributed by atoms with Crippen LogP contribution in [0.2, 0.25) is 0 Å². The summed E-state index contributed by atoms with van der Waals surface area (Å²) in [6.45, 7) is 0. The van der Waals surface area contributed by atoms with Gasteiger partial charge in [0, 0.05) is 36.4 Å². The highest BCUT2D eigenvalue weighted by molar-refractivity contribution is 7.99. The predicted molar refractivity (Wildman–Crippen MR) is 269 cm³/mol. The molecule has 0 amide bonds. The molecule has 1 nitrogen and oxygen atoms in total. The maximum Gasteiger partial charge on any atom is 0.0736 e. The summed E-state index contributed by atoms with van der Waals surface area (Å²) in [6.07, 6.45) is 0. The molecule has 0 saturated carbocycles. The number of benzene rings is 10. The first-order valence-corrected chi connectivity index (χ1v) is 24.1. The van der Waals surface area contributed by atoms with Gasteiger partial charge in [0.15, 0.2) is 0 Å². The first-order chi connectivity index (χ1) is 32.3. The molecule has 0 fully saturated rings. The maximum absolute atomic E-state index is 2.60. The van der Waals surface area contributed by atoms with Gasteiger partial charge in [0.1, 0.15) is 0 Å². The van der Waals surface area contributed by atoms with Gasteiger partial charge in [-0.3, -0.25) is 0 Å². The molecular formula is C62H39NS2. The van der Waals surface area contributed by atoms with E-state index in [9.17, 15) is 0 Å². The van der Waals surface area contributed by atoms with E-state index >= 15 is 0 Å². The lowest BCUT2D eigenvalue weighted by atomic mass is 9.67. The molecule has 0 saturated heterocycles. The Labute approximate surface area is 388 Å². The van der Waals surface area contributed by atoms with Crippen LogP contribution in [0.25, 0.3) is 33.4 Å². The highest BCUT2D eigenvalue weighted by Gasteiger charge is 2.53. The number of anilines is 3. The summed E-state index contributed by atoms with van der Waals surface area (Å²) >= 11 is 3.78. The standard InChI is InChI=1S/C62H39NS2/c1-2-19-40(20-3-1)41-21-16-22-42(39-41)63(53-33-17-31-51-59(53)43-23-4-6-25-45(43)61(51)47-27-8-12-35-55(47)64-56-36-13-9-28-48(56)61)54-34-18-32-52-60(54)44-24-5-7-26-46(44)62(52)49-29-10-14-37-57(49)65-58-38-15-11-30-50(58)62/h1-39H. The zero-order valence-corrected chi connectivity index (χ0v) is 36.9. The molecule has 2 spiro atoms. The summed E-state index contributed by atoms with van der Waals surface area (Å²) in [4.78, 5) is 7.82. The molecule has 0 unspecified atom stereocenters. The van der Waals surface area contributed by atoms with E-state index in [0.717, 1.165) is 17.1 Å². The van der Waals surface area contributed by atoms with Crippen molar-refractivity contribution in [3.8, 4) is 33.4 Å². The summed E-state index contributed by atoms with van der Waals surface area (Å²) in [5.41, 5.74) is 20.6. The highest BCUT2D eigenvalue weighted by Crippen LogP contribution is 2.67. The Morgan fingerprint density at radius 1 is 0.277 bits per heavy atom. The van der Waals surface area contributed by atoms with E-state index < -0.39 is 10.8 Å². The number of fused-ring (bicyclic) bond motifs is 18. The summed E-state index contributed by atoms with van der Waals surface area (Å²) < 4.78 is 0. The highest BCUT2D eigenvalue weighted by atomic mass is 32.2. The molecule has 14 rings (SSSR count). The van der Waals surface area contributed by atoms with E-state index in [2.05, 4.69) is 241 Å². The fourth-order valence-corrected chi connectivity index (χ4v) is 14.4. The first kappa shape index (κ1) is 37.1. The Bertz CT molecular complexity index is 3300. The predicted octanol–water partition coefficient (Wildman–Crippen LogP) is 16.5. The lowest BCUT2D eigenvalue weighted by Crippen LogP contribution is -2.32. The van der Waals surface area contributed by atoms with Crippen molar-refractivity contribution in [2.45, 2.75) is 30.4 Å².